The van der Waals surface area contributed by atoms with E-state index in [1.165, 1.54) is 25.0 Å². The number of hydrogen-bond acceptors (Lipinski definition) is 4. The van der Waals surface area contributed by atoms with Crippen LogP contribution in [0.25, 0.3) is 0 Å². The van der Waals surface area contributed by atoms with E-state index in [2.05, 4.69) is 11.8 Å². The van der Waals surface area contributed by atoms with Gasteiger partial charge in [0.25, 0.3) is 0 Å². The fraction of sp³-hybridized carbons (Fsp3) is 0.520. The Hall–Kier alpha value is -2.25. The largest absolute Gasteiger partial charge is 0.332 e. The Morgan fingerprint density at radius 2 is 1.78 bits per heavy atom. The number of nitrogens with zero attached hydrogens (tertiary/aromatic N) is 3. The highest BCUT2D eigenvalue weighted by atomic mass is 32.1. The summed E-state index contributed by atoms with van der Waals surface area (Å²) >= 11 is 1.60. The van der Waals surface area contributed by atoms with Crippen LogP contribution in [0.2, 0.25) is 0 Å². The molecule has 32 heavy (non-hydrogen) atoms. The van der Waals surface area contributed by atoms with E-state index in [0.717, 1.165) is 42.9 Å². The van der Waals surface area contributed by atoms with Crippen molar-refractivity contribution >= 4 is 23.2 Å². The van der Waals surface area contributed by atoms with E-state index in [0.29, 0.717) is 26.1 Å². The van der Waals surface area contributed by atoms with Crippen LogP contribution in [0.15, 0.2) is 41.8 Å². The third-order valence-electron chi connectivity index (χ3n) is 5.87. The van der Waals surface area contributed by atoms with Crippen molar-refractivity contribution in [3.63, 3.8) is 0 Å². The minimum atomic E-state index is -0.292. The average molecular weight is 460 g/mol. The Kier molecular flexibility index (Phi) is 9.68. The lowest BCUT2D eigenvalue weighted by atomic mass is 10.2. The van der Waals surface area contributed by atoms with Crippen LogP contribution in [0.4, 0.5) is 4.39 Å². The number of halogens is 1. The summed E-state index contributed by atoms with van der Waals surface area (Å²) in [6, 6.07) is 10.2. The number of rotatable bonds is 12. The van der Waals surface area contributed by atoms with Crippen LogP contribution in [0, 0.1) is 5.82 Å². The first-order valence-corrected chi connectivity index (χ1v) is 12.5. The zero-order valence-electron chi connectivity index (χ0n) is 19.0. The Bertz CT molecular complexity index is 835. The van der Waals surface area contributed by atoms with E-state index in [1.54, 1.807) is 33.3 Å². The summed E-state index contributed by atoms with van der Waals surface area (Å²) in [6.45, 7) is 6.56. The van der Waals surface area contributed by atoms with E-state index < -0.39 is 0 Å². The molecule has 0 saturated carbocycles. The summed E-state index contributed by atoms with van der Waals surface area (Å²) in [5, 5.41) is 1.99. The van der Waals surface area contributed by atoms with Crippen molar-refractivity contribution in [2.75, 3.05) is 32.7 Å². The number of amides is 2. The molecule has 5 nitrogen and oxygen atoms in total. The Morgan fingerprint density at radius 1 is 1.03 bits per heavy atom. The maximum atomic E-state index is 13.4. The van der Waals surface area contributed by atoms with Gasteiger partial charge in [-0.1, -0.05) is 31.5 Å². The summed E-state index contributed by atoms with van der Waals surface area (Å²) in [5.74, 6) is -0.314. The number of benzene rings is 1. The van der Waals surface area contributed by atoms with Crippen molar-refractivity contribution < 1.29 is 14.0 Å². The minimum absolute atomic E-state index is 0.0530. The molecule has 2 aromatic rings. The monoisotopic (exact) mass is 459 g/mol. The van der Waals surface area contributed by atoms with Gasteiger partial charge in [-0.05, 0) is 61.5 Å². The standard InChI is InChI=1S/C25H34FN3O2S/c1-2-3-8-24(30)28(16-15-27-13-4-5-14-27)20-25(31)29(19-23-7-6-17-32-23)18-21-9-11-22(26)12-10-21/h6-7,9-12,17H,2-5,8,13-16,18-20H2,1H3. The summed E-state index contributed by atoms with van der Waals surface area (Å²) in [4.78, 5) is 33.2. The van der Waals surface area contributed by atoms with Crippen molar-refractivity contribution in [3.05, 3.63) is 58.0 Å². The summed E-state index contributed by atoms with van der Waals surface area (Å²) in [7, 11) is 0. The molecule has 2 heterocycles. The van der Waals surface area contributed by atoms with Crippen LogP contribution in [0.1, 0.15) is 49.5 Å². The first kappa shape index (κ1) is 24.4. The van der Waals surface area contributed by atoms with Crippen molar-refractivity contribution in [3.8, 4) is 0 Å². The van der Waals surface area contributed by atoms with Crippen LogP contribution in [-0.4, -0.2) is 59.2 Å². The van der Waals surface area contributed by atoms with Gasteiger partial charge in [-0.3, -0.25) is 9.59 Å². The highest BCUT2D eigenvalue weighted by Gasteiger charge is 2.23. The molecule has 1 aromatic carbocycles. The molecule has 1 aliphatic heterocycles. The molecule has 2 amide bonds. The molecule has 1 fully saturated rings. The fourth-order valence-corrected chi connectivity index (χ4v) is 4.66. The molecular weight excluding hydrogens is 425 g/mol. The van der Waals surface area contributed by atoms with Crippen LogP contribution in [0.5, 0.6) is 0 Å². The van der Waals surface area contributed by atoms with Crippen LogP contribution in [0.3, 0.4) is 0 Å². The van der Waals surface area contributed by atoms with Crippen molar-refractivity contribution in [2.24, 2.45) is 0 Å². The van der Waals surface area contributed by atoms with E-state index in [4.69, 9.17) is 0 Å². The first-order chi connectivity index (χ1) is 15.5. The Labute approximate surface area is 194 Å². The molecule has 1 saturated heterocycles. The van der Waals surface area contributed by atoms with E-state index in [-0.39, 0.29) is 24.2 Å². The third kappa shape index (κ3) is 7.71. The van der Waals surface area contributed by atoms with Crippen LogP contribution in [-0.2, 0) is 22.7 Å². The maximum Gasteiger partial charge on any atom is 0.242 e. The van der Waals surface area contributed by atoms with E-state index in [1.807, 2.05) is 17.5 Å². The smallest absolute Gasteiger partial charge is 0.242 e. The lowest BCUT2D eigenvalue weighted by Gasteiger charge is -2.29. The SMILES string of the molecule is CCCCC(=O)N(CCN1CCCC1)CC(=O)N(Cc1ccc(F)cc1)Cc1cccs1. The van der Waals surface area contributed by atoms with Gasteiger partial charge >= 0.3 is 0 Å². The molecule has 7 heteroatoms. The number of unbranched alkanes of at least 4 members (excludes halogenated alkanes) is 1. The predicted molar refractivity (Wildman–Crippen MR) is 127 cm³/mol. The topological polar surface area (TPSA) is 43.9 Å². The highest BCUT2D eigenvalue weighted by Crippen LogP contribution is 2.16. The summed E-state index contributed by atoms with van der Waals surface area (Å²) < 4.78 is 13.3. The maximum absolute atomic E-state index is 13.4. The van der Waals surface area contributed by atoms with E-state index in [9.17, 15) is 14.0 Å². The number of hydrogen-bond donors (Lipinski definition) is 0. The Balaban J connectivity index is 1.69. The summed E-state index contributed by atoms with van der Waals surface area (Å²) in [5.41, 5.74) is 0.872. The zero-order valence-corrected chi connectivity index (χ0v) is 19.8. The minimum Gasteiger partial charge on any atom is -0.332 e. The highest BCUT2D eigenvalue weighted by molar-refractivity contribution is 7.09. The van der Waals surface area contributed by atoms with Crippen LogP contribution >= 0.6 is 11.3 Å². The molecule has 1 aromatic heterocycles. The first-order valence-electron chi connectivity index (χ1n) is 11.6. The quantitative estimate of drug-likeness (QED) is 0.468. The molecule has 0 atom stereocenters. The van der Waals surface area contributed by atoms with Gasteiger partial charge in [-0.15, -0.1) is 11.3 Å². The van der Waals surface area contributed by atoms with Gasteiger partial charge in [-0.25, -0.2) is 4.39 Å². The van der Waals surface area contributed by atoms with Gasteiger partial charge in [0.15, 0.2) is 0 Å². The molecule has 0 aliphatic carbocycles. The molecule has 0 bridgehead atoms. The van der Waals surface area contributed by atoms with Crippen molar-refractivity contribution in [2.45, 2.75) is 52.1 Å². The molecule has 0 radical (unpaired) electrons. The Morgan fingerprint density at radius 3 is 2.44 bits per heavy atom. The van der Waals surface area contributed by atoms with Gasteiger partial charge in [0, 0.05) is 30.9 Å². The normalized spacial score (nSPS) is 13.9. The van der Waals surface area contributed by atoms with Gasteiger partial charge in [-0.2, -0.15) is 0 Å². The molecule has 0 spiro atoms. The zero-order chi connectivity index (χ0) is 22.8. The number of carbonyl (C=O) groups is 2. The van der Waals surface area contributed by atoms with Gasteiger partial charge < -0.3 is 14.7 Å². The van der Waals surface area contributed by atoms with Crippen LogP contribution < -0.4 is 0 Å². The van der Waals surface area contributed by atoms with Crippen molar-refractivity contribution in [1.82, 2.24) is 14.7 Å². The van der Waals surface area contributed by atoms with Gasteiger partial charge in [0.1, 0.15) is 5.82 Å². The molecule has 0 unspecified atom stereocenters. The van der Waals surface area contributed by atoms with E-state index >= 15 is 0 Å². The lowest BCUT2D eigenvalue weighted by molar-refractivity contribution is -0.141. The molecule has 174 valence electrons. The molecular formula is C25H34FN3O2S. The third-order valence-corrected chi connectivity index (χ3v) is 6.74. The predicted octanol–water partition coefficient (Wildman–Crippen LogP) is 4.53. The number of thiophene rings is 1. The fourth-order valence-electron chi connectivity index (χ4n) is 3.94. The second-order valence-corrected chi connectivity index (χ2v) is 9.46. The van der Waals surface area contributed by atoms with Gasteiger partial charge in [0.05, 0.1) is 13.1 Å². The lowest BCUT2D eigenvalue weighted by Crippen LogP contribution is -2.45. The van der Waals surface area contributed by atoms with Crippen molar-refractivity contribution in [1.29, 1.82) is 0 Å². The average Bonchev–Trinajstić information content (AvgIpc) is 3.50. The molecule has 1 aliphatic rings. The molecule has 3 rings (SSSR count). The second-order valence-electron chi connectivity index (χ2n) is 8.42. The number of carbonyl (C=O) groups excluding carboxylic acids is 2. The summed E-state index contributed by atoms with van der Waals surface area (Å²) in [6.07, 6.45) is 4.67. The number of likely N-dealkylation sites (tertiary alicyclic amines) is 1. The second kappa shape index (κ2) is 12.7. The molecule has 0 N–H and O–H groups in total. The van der Waals surface area contributed by atoms with Gasteiger partial charge in [0.2, 0.25) is 11.8 Å².